The summed E-state index contributed by atoms with van der Waals surface area (Å²) in [4.78, 5) is 28.3. The smallest absolute Gasteiger partial charge is 0.357 e. The maximum atomic E-state index is 14.0. The molecule has 1 aliphatic heterocycles. The third-order valence-corrected chi connectivity index (χ3v) is 5.71. The van der Waals surface area contributed by atoms with Crippen LogP contribution >= 0.6 is 11.6 Å². The number of rotatable bonds is 6. The van der Waals surface area contributed by atoms with Crippen molar-refractivity contribution in [2.45, 2.75) is 59.1 Å². The van der Waals surface area contributed by atoms with E-state index in [-0.39, 0.29) is 30.1 Å². The normalized spacial score (nSPS) is 14.3. The van der Waals surface area contributed by atoms with Gasteiger partial charge in [0.05, 0.1) is 18.8 Å². The number of piperidine rings is 1. The number of benzene rings is 1. The summed E-state index contributed by atoms with van der Waals surface area (Å²) in [5.74, 6) is -1.30. The molecule has 0 unspecified atom stereocenters. The molecule has 33 heavy (non-hydrogen) atoms. The molecular formula is C24H31ClFN3O4. The minimum atomic E-state index is -0.763. The highest BCUT2D eigenvalue weighted by atomic mass is 35.5. The van der Waals surface area contributed by atoms with E-state index in [1.54, 1.807) is 32.3 Å². The van der Waals surface area contributed by atoms with E-state index in [9.17, 15) is 14.0 Å². The van der Waals surface area contributed by atoms with E-state index in [1.165, 1.54) is 18.2 Å². The zero-order valence-electron chi connectivity index (χ0n) is 19.5. The second-order valence-electron chi connectivity index (χ2n) is 9.05. The molecule has 180 valence electrons. The van der Waals surface area contributed by atoms with Crippen LogP contribution in [-0.2, 0) is 16.0 Å². The number of hydrogen-bond acceptors (Lipinski definition) is 6. The van der Waals surface area contributed by atoms with Gasteiger partial charge in [0.25, 0.3) is 0 Å². The van der Waals surface area contributed by atoms with Crippen molar-refractivity contribution in [2.75, 3.05) is 30.3 Å². The highest BCUT2D eigenvalue weighted by Gasteiger charge is 2.35. The molecule has 0 bridgehead atoms. The summed E-state index contributed by atoms with van der Waals surface area (Å²) in [6, 6.07) is 4.03. The Kier molecular flexibility index (Phi) is 7.57. The third kappa shape index (κ3) is 5.61. The molecule has 1 aromatic carbocycles. The Bertz CT molecular complexity index is 1040. The molecule has 2 heterocycles. The second-order valence-corrected chi connectivity index (χ2v) is 9.46. The molecule has 0 atom stereocenters. The Labute approximate surface area is 198 Å². The van der Waals surface area contributed by atoms with Gasteiger partial charge in [0.15, 0.2) is 5.69 Å². The fraction of sp³-hybridized carbons (Fsp3) is 0.500. The van der Waals surface area contributed by atoms with Gasteiger partial charge in [-0.15, -0.1) is 0 Å². The fourth-order valence-electron chi connectivity index (χ4n) is 4.00. The summed E-state index contributed by atoms with van der Waals surface area (Å²) in [5, 5.41) is 0.335. The van der Waals surface area contributed by atoms with Crippen molar-refractivity contribution >= 4 is 35.0 Å². The van der Waals surface area contributed by atoms with E-state index in [4.69, 9.17) is 26.8 Å². The number of anilines is 2. The lowest BCUT2D eigenvalue weighted by atomic mass is 10.1. The van der Waals surface area contributed by atoms with Crippen molar-refractivity contribution < 1.29 is 23.5 Å². The maximum Gasteiger partial charge on any atom is 0.357 e. The van der Waals surface area contributed by atoms with E-state index in [0.29, 0.717) is 29.5 Å². The summed E-state index contributed by atoms with van der Waals surface area (Å²) in [5.41, 5.74) is 6.24. The van der Waals surface area contributed by atoms with Crippen LogP contribution in [0.5, 0.6) is 0 Å². The first kappa shape index (κ1) is 24.9. The molecule has 7 nitrogen and oxygen atoms in total. The van der Waals surface area contributed by atoms with Crippen LogP contribution in [0.4, 0.5) is 15.9 Å². The van der Waals surface area contributed by atoms with Crippen molar-refractivity contribution in [3.05, 3.63) is 45.9 Å². The van der Waals surface area contributed by atoms with E-state index in [2.05, 4.69) is 0 Å². The van der Waals surface area contributed by atoms with E-state index < -0.39 is 23.4 Å². The monoisotopic (exact) mass is 479 g/mol. The van der Waals surface area contributed by atoms with E-state index >= 15 is 0 Å². The molecule has 2 aromatic rings. The van der Waals surface area contributed by atoms with Crippen molar-refractivity contribution in [3.8, 4) is 0 Å². The average Bonchev–Trinajstić information content (AvgIpc) is 3.02. The summed E-state index contributed by atoms with van der Waals surface area (Å²) < 4.78 is 26.5. The molecule has 2 N–H and O–H groups in total. The number of hydrogen-bond donors (Lipinski definition) is 1. The van der Waals surface area contributed by atoms with Gasteiger partial charge in [-0.1, -0.05) is 11.6 Å². The zero-order chi connectivity index (χ0) is 24.3. The van der Waals surface area contributed by atoms with Crippen LogP contribution in [0, 0.1) is 5.82 Å². The van der Waals surface area contributed by atoms with Crippen LogP contribution in [0.3, 0.4) is 0 Å². The van der Waals surface area contributed by atoms with Gasteiger partial charge >= 0.3 is 11.9 Å². The van der Waals surface area contributed by atoms with Crippen molar-refractivity contribution in [1.82, 2.24) is 4.57 Å². The molecule has 1 aromatic heterocycles. The first-order valence-corrected chi connectivity index (χ1v) is 11.5. The lowest BCUT2D eigenvalue weighted by molar-refractivity contribution is 0.00713. The van der Waals surface area contributed by atoms with Gasteiger partial charge in [-0.3, -0.25) is 0 Å². The first-order chi connectivity index (χ1) is 15.5. The van der Waals surface area contributed by atoms with E-state index in [0.717, 1.165) is 19.3 Å². The Morgan fingerprint density at radius 3 is 2.42 bits per heavy atom. The van der Waals surface area contributed by atoms with Crippen molar-refractivity contribution in [3.63, 3.8) is 0 Å². The number of esters is 2. The SMILES string of the molecule is CCOC(=O)c1c(N)c(C(=O)OC(C)(C)C)c(N2CCCCC2)n1Cc1cc(F)ccc1Cl. The Morgan fingerprint density at radius 2 is 1.82 bits per heavy atom. The number of ether oxygens (including phenoxy) is 2. The quantitative estimate of drug-likeness (QED) is 0.584. The van der Waals surface area contributed by atoms with Gasteiger partial charge in [-0.2, -0.15) is 0 Å². The van der Waals surface area contributed by atoms with Crippen LogP contribution in [0.15, 0.2) is 18.2 Å². The lowest BCUT2D eigenvalue weighted by Crippen LogP contribution is -2.34. The number of halogens is 2. The minimum absolute atomic E-state index is 0.0178. The van der Waals surface area contributed by atoms with Crippen LogP contribution in [-0.4, -0.2) is 41.8 Å². The molecule has 9 heteroatoms. The first-order valence-electron chi connectivity index (χ1n) is 11.1. The number of nitrogens with zero attached hydrogens (tertiary/aromatic N) is 2. The largest absolute Gasteiger partial charge is 0.461 e. The third-order valence-electron chi connectivity index (χ3n) is 5.34. The molecular weight excluding hydrogens is 449 g/mol. The fourth-order valence-corrected chi connectivity index (χ4v) is 4.18. The lowest BCUT2D eigenvalue weighted by Gasteiger charge is -2.31. The van der Waals surface area contributed by atoms with Gasteiger partial charge in [-0.25, -0.2) is 14.0 Å². The number of nitrogen functional groups attached to an aromatic ring is 1. The molecule has 1 aliphatic rings. The average molecular weight is 480 g/mol. The Hall–Kier alpha value is -2.74. The predicted molar refractivity (Wildman–Crippen MR) is 127 cm³/mol. The van der Waals surface area contributed by atoms with Crippen molar-refractivity contribution in [1.29, 1.82) is 0 Å². The van der Waals surface area contributed by atoms with Crippen LogP contribution in [0.2, 0.25) is 5.02 Å². The molecule has 1 saturated heterocycles. The van der Waals surface area contributed by atoms with Gasteiger partial charge < -0.3 is 24.7 Å². The van der Waals surface area contributed by atoms with Gasteiger partial charge in [0.1, 0.15) is 22.8 Å². The number of carbonyl (C=O) groups excluding carboxylic acids is 2. The van der Waals surface area contributed by atoms with Gasteiger partial charge in [-0.05, 0) is 70.7 Å². The maximum absolute atomic E-state index is 14.0. The highest BCUT2D eigenvalue weighted by Crippen LogP contribution is 2.37. The minimum Gasteiger partial charge on any atom is -0.461 e. The van der Waals surface area contributed by atoms with Crippen LogP contribution in [0.25, 0.3) is 0 Å². The molecule has 0 aliphatic carbocycles. The van der Waals surface area contributed by atoms with Crippen molar-refractivity contribution in [2.24, 2.45) is 0 Å². The molecule has 0 amide bonds. The standard InChI is InChI=1S/C24H31ClFN3O4/c1-5-32-23(31)20-19(27)18(22(30)33-24(2,3)4)21(28-11-7-6-8-12-28)29(20)14-15-13-16(26)9-10-17(15)25/h9-10,13H,5-8,11-12,14,27H2,1-4H3. The topological polar surface area (TPSA) is 86.8 Å². The van der Waals surface area contributed by atoms with E-state index in [1.807, 2.05) is 4.90 Å². The number of aromatic nitrogens is 1. The van der Waals surface area contributed by atoms with Crippen LogP contribution < -0.4 is 10.6 Å². The Morgan fingerprint density at radius 1 is 1.15 bits per heavy atom. The Balaban J connectivity index is 2.26. The molecule has 1 fully saturated rings. The summed E-state index contributed by atoms with van der Waals surface area (Å²) in [6.45, 7) is 8.49. The molecule has 0 spiro atoms. The van der Waals surface area contributed by atoms with Gasteiger partial charge in [0, 0.05) is 18.1 Å². The number of carbonyl (C=O) groups is 2. The predicted octanol–water partition coefficient (Wildman–Crippen LogP) is 5.03. The summed E-state index contributed by atoms with van der Waals surface area (Å²) in [6.07, 6.45) is 2.91. The molecule has 3 rings (SSSR count). The van der Waals surface area contributed by atoms with Crippen LogP contribution in [0.1, 0.15) is 73.4 Å². The van der Waals surface area contributed by atoms with Gasteiger partial charge in [0.2, 0.25) is 0 Å². The highest BCUT2D eigenvalue weighted by molar-refractivity contribution is 6.31. The summed E-state index contributed by atoms with van der Waals surface area (Å²) in [7, 11) is 0. The number of nitrogens with two attached hydrogens (primary N) is 1. The summed E-state index contributed by atoms with van der Waals surface area (Å²) >= 11 is 6.34. The molecule has 0 saturated carbocycles. The zero-order valence-corrected chi connectivity index (χ0v) is 20.3. The molecule has 0 radical (unpaired) electrons. The second kappa shape index (κ2) is 10.0.